The van der Waals surface area contributed by atoms with Crippen molar-refractivity contribution in [1.82, 2.24) is 4.98 Å². The van der Waals surface area contributed by atoms with Crippen LogP contribution in [0.5, 0.6) is 5.75 Å². The number of aryl methyl sites for hydroxylation is 1. The first-order valence-corrected chi connectivity index (χ1v) is 11.2. The van der Waals surface area contributed by atoms with Gasteiger partial charge < -0.3 is 15.2 Å². The molecule has 1 aromatic heterocycles. The topological polar surface area (TPSA) is 112 Å². The number of anilines is 1. The van der Waals surface area contributed by atoms with Crippen molar-refractivity contribution in [3.8, 4) is 5.75 Å². The van der Waals surface area contributed by atoms with Crippen LogP contribution in [0.4, 0.5) is 5.13 Å². The second-order valence-electron chi connectivity index (χ2n) is 7.17. The number of carbonyl (C=O) groups is 3. The summed E-state index contributed by atoms with van der Waals surface area (Å²) >= 11 is 1.11. The Balaban J connectivity index is 1.78. The molecule has 2 aromatic carbocycles. The molecule has 3 rings (SSSR count). The van der Waals surface area contributed by atoms with E-state index in [0.29, 0.717) is 21.5 Å². The molecular weight excluding hydrogens is 442 g/mol. The van der Waals surface area contributed by atoms with Crippen molar-refractivity contribution in [1.29, 1.82) is 0 Å². The Hall–Kier alpha value is -3.72. The van der Waals surface area contributed by atoms with Gasteiger partial charge in [0.2, 0.25) is 5.91 Å². The molecule has 8 nitrogen and oxygen atoms in total. The van der Waals surface area contributed by atoms with Crippen LogP contribution in [0.1, 0.15) is 33.4 Å². The fraction of sp³-hybridized carbons (Fsp3) is 0.250. The fourth-order valence-electron chi connectivity index (χ4n) is 3.04. The quantitative estimate of drug-likeness (QED) is 0.458. The minimum Gasteiger partial charge on any atom is -0.484 e. The van der Waals surface area contributed by atoms with Gasteiger partial charge in [-0.2, -0.15) is 0 Å². The maximum absolute atomic E-state index is 13.1. The highest BCUT2D eigenvalue weighted by Gasteiger charge is 2.24. The SMILES string of the molecule is CCOC(=O)c1sc(N(Cc2ccccc2)C(=O)COc2ccc(CC(N)=O)cc2)nc1C. The van der Waals surface area contributed by atoms with Gasteiger partial charge in [-0.3, -0.25) is 14.5 Å². The number of amides is 2. The molecule has 0 aliphatic rings. The van der Waals surface area contributed by atoms with Crippen LogP contribution < -0.4 is 15.4 Å². The minimum absolute atomic E-state index is 0.135. The number of nitrogens with two attached hydrogens (primary N) is 1. The van der Waals surface area contributed by atoms with Crippen molar-refractivity contribution in [3.63, 3.8) is 0 Å². The van der Waals surface area contributed by atoms with Crippen molar-refractivity contribution < 1.29 is 23.9 Å². The zero-order chi connectivity index (χ0) is 23.8. The molecule has 0 fully saturated rings. The highest BCUT2D eigenvalue weighted by Crippen LogP contribution is 2.28. The highest BCUT2D eigenvalue weighted by molar-refractivity contribution is 7.17. The number of nitrogens with zero attached hydrogens (tertiary/aromatic N) is 2. The summed E-state index contributed by atoms with van der Waals surface area (Å²) in [6, 6.07) is 16.3. The molecule has 33 heavy (non-hydrogen) atoms. The Bertz CT molecular complexity index is 1110. The standard InChI is InChI=1S/C24H25N3O5S/c1-3-31-23(30)22-16(2)26-24(33-22)27(14-18-7-5-4-6-8-18)21(29)15-32-19-11-9-17(10-12-19)13-20(25)28/h4-12H,3,13-15H2,1-2H3,(H2,25,28). The molecule has 0 unspecified atom stereocenters. The predicted octanol–water partition coefficient (Wildman–Crippen LogP) is 3.27. The molecule has 0 spiro atoms. The number of carbonyl (C=O) groups excluding carboxylic acids is 3. The zero-order valence-corrected chi connectivity index (χ0v) is 19.3. The lowest BCUT2D eigenvalue weighted by Crippen LogP contribution is -2.34. The molecule has 172 valence electrons. The van der Waals surface area contributed by atoms with Crippen LogP contribution in [0, 0.1) is 6.92 Å². The van der Waals surface area contributed by atoms with E-state index in [-0.39, 0.29) is 32.1 Å². The van der Waals surface area contributed by atoms with E-state index in [1.807, 2.05) is 30.3 Å². The Kier molecular flexibility index (Phi) is 8.15. The number of hydrogen-bond acceptors (Lipinski definition) is 7. The summed E-state index contributed by atoms with van der Waals surface area (Å²) < 4.78 is 10.8. The van der Waals surface area contributed by atoms with Gasteiger partial charge in [0.1, 0.15) is 10.6 Å². The predicted molar refractivity (Wildman–Crippen MR) is 125 cm³/mol. The zero-order valence-electron chi connectivity index (χ0n) is 18.4. The van der Waals surface area contributed by atoms with Crippen LogP contribution in [0.15, 0.2) is 54.6 Å². The molecule has 0 saturated carbocycles. The smallest absolute Gasteiger partial charge is 0.350 e. The largest absolute Gasteiger partial charge is 0.484 e. The number of primary amides is 1. The van der Waals surface area contributed by atoms with E-state index >= 15 is 0 Å². The molecule has 0 bridgehead atoms. The maximum atomic E-state index is 13.1. The lowest BCUT2D eigenvalue weighted by Gasteiger charge is -2.20. The van der Waals surface area contributed by atoms with Crippen molar-refractivity contribution in [3.05, 3.63) is 76.3 Å². The Morgan fingerprint density at radius 3 is 2.36 bits per heavy atom. The summed E-state index contributed by atoms with van der Waals surface area (Å²) in [4.78, 5) is 42.7. The number of hydrogen-bond donors (Lipinski definition) is 1. The molecule has 0 radical (unpaired) electrons. The summed E-state index contributed by atoms with van der Waals surface area (Å²) in [5, 5.41) is 0.393. The summed E-state index contributed by atoms with van der Waals surface area (Å²) in [5.41, 5.74) is 7.38. The van der Waals surface area contributed by atoms with Gasteiger partial charge in [0.05, 0.1) is 25.3 Å². The van der Waals surface area contributed by atoms with E-state index in [0.717, 1.165) is 22.5 Å². The molecule has 0 aliphatic carbocycles. The first-order valence-electron chi connectivity index (χ1n) is 10.4. The average molecular weight is 468 g/mol. The number of esters is 1. The van der Waals surface area contributed by atoms with E-state index in [2.05, 4.69) is 4.98 Å². The number of ether oxygens (including phenoxy) is 2. The van der Waals surface area contributed by atoms with Gasteiger partial charge in [-0.05, 0) is 37.1 Å². The van der Waals surface area contributed by atoms with Gasteiger partial charge in [0.25, 0.3) is 5.91 Å². The number of benzene rings is 2. The van der Waals surface area contributed by atoms with Crippen molar-refractivity contribution in [2.24, 2.45) is 5.73 Å². The summed E-state index contributed by atoms with van der Waals surface area (Å²) in [7, 11) is 0. The van der Waals surface area contributed by atoms with E-state index in [4.69, 9.17) is 15.2 Å². The normalized spacial score (nSPS) is 10.5. The summed E-state index contributed by atoms with van der Waals surface area (Å²) in [6.07, 6.45) is 0.135. The molecule has 3 aromatic rings. The third-order valence-corrected chi connectivity index (χ3v) is 5.79. The van der Waals surface area contributed by atoms with Gasteiger partial charge in [0.15, 0.2) is 11.7 Å². The first kappa shape index (κ1) is 23.9. The molecule has 2 amide bonds. The number of rotatable bonds is 10. The Morgan fingerprint density at radius 1 is 1.03 bits per heavy atom. The highest BCUT2D eigenvalue weighted by atomic mass is 32.1. The van der Waals surface area contributed by atoms with Crippen LogP contribution in [0.3, 0.4) is 0 Å². The van der Waals surface area contributed by atoms with E-state index in [1.165, 1.54) is 4.90 Å². The van der Waals surface area contributed by atoms with E-state index < -0.39 is 11.9 Å². The van der Waals surface area contributed by atoms with E-state index in [9.17, 15) is 14.4 Å². The Morgan fingerprint density at radius 2 is 1.73 bits per heavy atom. The second-order valence-corrected chi connectivity index (χ2v) is 8.15. The van der Waals surface area contributed by atoms with Crippen LogP contribution >= 0.6 is 11.3 Å². The number of aromatic nitrogens is 1. The molecule has 0 saturated heterocycles. The van der Waals surface area contributed by atoms with Gasteiger partial charge in [-0.1, -0.05) is 53.8 Å². The van der Waals surface area contributed by atoms with E-state index in [1.54, 1.807) is 38.1 Å². The van der Waals surface area contributed by atoms with Crippen LogP contribution in [-0.4, -0.2) is 36.0 Å². The second kappa shape index (κ2) is 11.2. The lowest BCUT2D eigenvalue weighted by atomic mass is 10.1. The average Bonchev–Trinajstić information content (AvgIpc) is 3.18. The molecule has 0 aliphatic heterocycles. The minimum atomic E-state index is -0.460. The molecule has 2 N–H and O–H groups in total. The number of thiazole rings is 1. The van der Waals surface area contributed by atoms with Crippen molar-refractivity contribution in [2.75, 3.05) is 18.1 Å². The third kappa shape index (κ3) is 6.63. The molecule has 9 heteroatoms. The summed E-state index contributed by atoms with van der Waals surface area (Å²) in [6.45, 7) is 3.75. The van der Waals surface area contributed by atoms with Crippen LogP contribution in [0.25, 0.3) is 0 Å². The van der Waals surface area contributed by atoms with Gasteiger partial charge >= 0.3 is 5.97 Å². The maximum Gasteiger partial charge on any atom is 0.350 e. The monoisotopic (exact) mass is 467 g/mol. The lowest BCUT2D eigenvalue weighted by molar-refractivity contribution is -0.120. The van der Waals surface area contributed by atoms with Crippen LogP contribution in [0.2, 0.25) is 0 Å². The van der Waals surface area contributed by atoms with Crippen LogP contribution in [-0.2, 0) is 27.3 Å². The van der Waals surface area contributed by atoms with Crippen molar-refractivity contribution >= 4 is 34.3 Å². The van der Waals surface area contributed by atoms with Gasteiger partial charge in [-0.25, -0.2) is 9.78 Å². The third-order valence-electron chi connectivity index (χ3n) is 4.63. The molecular formula is C24H25N3O5S. The molecule has 0 atom stereocenters. The fourth-order valence-corrected chi connectivity index (χ4v) is 4.02. The van der Waals surface area contributed by atoms with Crippen molar-refractivity contribution in [2.45, 2.75) is 26.8 Å². The summed E-state index contributed by atoms with van der Waals surface area (Å²) in [5.74, 6) is -0.711. The first-order chi connectivity index (χ1) is 15.9. The van der Waals surface area contributed by atoms with Gasteiger partial charge in [0, 0.05) is 0 Å². The van der Waals surface area contributed by atoms with Gasteiger partial charge in [-0.15, -0.1) is 0 Å². The Labute approximate surface area is 196 Å². The molecule has 1 heterocycles.